The van der Waals surface area contributed by atoms with Crippen molar-refractivity contribution in [3.8, 4) is 0 Å². The van der Waals surface area contributed by atoms with E-state index in [1.54, 1.807) is 0 Å². The summed E-state index contributed by atoms with van der Waals surface area (Å²) in [5, 5.41) is 2.72. The molecule has 0 aliphatic heterocycles. The Kier molecular flexibility index (Phi) is 4.13. The van der Waals surface area contributed by atoms with Gasteiger partial charge in [-0.15, -0.1) is 0 Å². The summed E-state index contributed by atoms with van der Waals surface area (Å²) in [7, 11) is 0. The molecule has 0 aliphatic rings. The summed E-state index contributed by atoms with van der Waals surface area (Å²) in [5.74, 6) is 0. The van der Waals surface area contributed by atoms with E-state index in [0.29, 0.717) is 0 Å². The van der Waals surface area contributed by atoms with Gasteiger partial charge in [-0.05, 0) is 32.4 Å². The number of hydrogen-bond donors (Lipinski definition) is 1. The summed E-state index contributed by atoms with van der Waals surface area (Å²) in [4.78, 5) is 11.7. The maximum absolute atomic E-state index is 11.7. The van der Waals surface area contributed by atoms with E-state index in [-0.39, 0.29) is 0 Å². The standard InChI is InChI=1S/C16H20N2O2/c1-16(2,3)20-15(19)17-14-9-10-18(12-14)11-13-7-5-4-6-8-13/h4-10,12H,11H2,1-3H3,(H,17,19). The van der Waals surface area contributed by atoms with Gasteiger partial charge in [0.05, 0.1) is 5.69 Å². The number of carbonyl (C=O) groups is 1. The first kappa shape index (κ1) is 14.2. The molecule has 20 heavy (non-hydrogen) atoms. The molecule has 2 rings (SSSR count). The second-order valence-electron chi connectivity index (χ2n) is 5.69. The van der Waals surface area contributed by atoms with Gasteiger partial charge in [0.15, 0.2) is 0 Å². The third kappa shape index (κ3) is 4.46. The number of benzene rings is 1. The van der Waals surface area contributed by atoms with Gasteiger partial charge in [0.2, 0.25) is 0 Å². The van der Waals surface area contributed by atoms with Crippen LogP contribution >= 0.6 is 0 Å². The lowest BCUT2D eigenvalue weighted by atomic mass is 10.2. The average Bonchev–Trinajstić information content (AvgIpc) is 2.75. The second kappa shape index (κ2) is 5.82. The minimum atomic E-state index is -0.489. The van der Waals surface area contributed by atoms with Crippen LogP contribution in [0.5, 0.6) is 0 Å². The van der Waals surface area contributed by atoms with E-state index in [9.17, 15) is 4.79 Å². The first-order chi connectivity index (χ1) is 9.42. The Morgan fingerprint density at radius 1 is 1.20 bits per heavy atom. The van der Waals surface area contributed by atoms with Gasteiger partial charge >= 0.3 is 6.09 Å². The zero-order chi connectivity index (χ0) is 14.6. The molecule has 4 nitrogen and oxygen atoms in total. The molecule has 0 spiro atoms. The van der Waals surface area contributed by atoms with Crippen LogP contribution in [-0.4, -0.2) is 16.3 Å². The molecule has 106 valence electrons. The number of aromatic nitrogens is 1. The fraction of sp³-hybridized carbons (Fsp3) is 0.312. The van der Waals surface area contributed by atoms with Gasteiger partial charge in [-0.1, -0.05) is 30.3 Å². The minimum Gasteiger partial charge on any atom is -0.444 e. The van der Waals surface area contributed by atoms with Crippen molar-refractivity contribution >= 4 is 11.8 Å². The molecule has 0 unspecified atom stereocenters. The van der Waals surface area contributed by atoms with Gasteiger partial charge in [-0.2, -0.15) is 0 Å². The summed E-state index contributed by atoms with van der Waals surface area (Å²) in [6.45, 7) is 6.30. The van der Waals surface area contributed by atoms with Crippen LogP contribution in [0, 0.1) is 0 Å². The number of hydrogen-bond acceptors (Lipinski definition) is 2. The van der Waals surface area contributed by atoms with E-state index in [1.165, 1.54) is 5.56 Å². The van der Waals surface area contributed by atoms with Gasteiger partial charge in [0, 0.05) is 18.9 Å². The van der Waals surface area contributed by atoms with E-state index in [4.69, 9.17) is 4.74 Å². The summed E-state index contributed by atoms with van der Waals surface area (Å²) in [6, 6.07) is 12.0. The van der Waals surface area contributed by atoms with Crippen LogP contribution in [0.25, 0.3) is 0 Å². The highest BCUT2D eigenvalue weighted by Crippen LogP contribution is 2.13. The molecular weight excluding hydrogens is 252 g/mol. The number of anilines is 1. The van der Waals surface area contributed by atoms with Gasteiger partial charge in [0.1, 0.15) is 5.60 Å². The number of nitrogens with zero attached hydrogens (tertiary/aromatic N) is 1. The van der Waals surface area contributed by atoms with Crippen molar-refractivity contribution in [3.05, 3.63) is 54.4 Å². The van der Waals surface area contributed by atoms with Gasteiger partial charge in [-0.3, -0.25) is 5.32 Å². The van der Waals surface area contributed by atoms with Crippen LogP contribution in [0.1, 0.15) is 26.3 Å². The molecule has 0 radical (unpaired) electrons. The van der Waals surface area contributed by atoms with Gasteiger partial charge in [-0.25, -0.2) is 4.79 Å². The molecule has 0 aliphatic carbocycles. The average molecular weight is 272 g/mol. The van der Waals surface area contributed by atoms with E-state index in [0.717, 1.165) is 12.2 Å². The maximum atomic E-state index is 11.7. The number of rotatable bonds is 3. The fourth-order valence-corrected chi connectivity index (χ4v) is 1.83. The molecule has 1 amide bonds. The van der Waals surface area contributed by atoms with Crippen molar-refractivity contribution < 1.29 is 9.53 Å². The van der Waals surface area contributed by atoms with Gasteiger partial charge in [0.25, 0.3) is 0 Å². The summed E-state index contributed by atoms with van der Waals surface area (Å²) >= 11 is 0. The molecule has 0 atom stereocenters. The zero-order valence-corrected chi connectivity index (χ0v) is 12.1. The molecule has 0 saturated heterocycles. The SMILES string of the molecule is CC(C)(C)OC(=O)Nc1ccn(Cc2ccccc2)c1. The van der Waals surface area contributed by atoms with Crippen molar-refractivity contribution in [1.82, 2.24) is 4.57 Å². The van der Waals surface area contributed by atoms with E-state index in [2.05, 4.69) is 17.4 Å². The lowest BCUT2D eigenvalue weighted by Crippen LogP contribution is -2.27. The molecule has 0 bridgehead atoms. The van der Waals surface area contributed by atoms with Gasteiger partial charge < -0.3 is 9.30 Å². The number of carbonyl (C=O) groups excluding carboxylic acids is 1. The molecule has 1 heterocycles. The van der Waals surface area contributed by atoms with Crippen LogP contribution in [0.4, 0.5) is 10.5 Å². The highest BCUT2D eigenvalue weighted by atomic mass is 16.6. The van der Waals surface area contributed by atoms with E-state index < -0.39 is 11.7 Å². The minimum absolute atomic E-state index is 0.435. The molecule has 2 aromatic rings. The lowest BCUT2D eigenvalue weighted by molar-refractivity contribution is 0.0636. The third-order valence-corrected chi connectivity index (χ3v) is 2.60. The second-order valence-corrected chi connectivity index (χ2v) is 5.69. The fourth-order valence-electron chi connectivity index (χ4n) is 1.83. The predicted octanol–water partition coefficient (Wildman–Crippen LogP) is 3.88. The predicted molar refractivity (Wildman–Crippen MR) is 79.8 cm³/mol. The Morgan fingerprint density at radius 2 is 1.90 bits per heavy atom. The first-order valence-electron chi connectivity index (χ1n) is 6.62. The molecule has 0 saturated carbocycles. The summed E-state index contributed by atoms with van der Waals surface area (Å²) in [5.41, 5.74) is 1.46. The number of ether oxygens (including phenoxy) is 1. The Morgan fingerprint density at radius 3 is 2.55 bits per heavy atom. The van der Waals surface area contributed by atoms with Crippen molar-refractivity contribution in [2.45, 2.75) is 32.9 Å². The van der Waals surface area contributed by atoms with Crippen molar-refractivity contribution in [2.24, 2.45) is 0 Å². The molecule has 1 aromatic heterocycles. The Bertz CT molecular complexity index is 568. The number of amides is 1. The topological polar surface area (TPSA) is 43.3 Å². The van der Waals surface area contributed by atoms with Crippen LogP contribution in [-0.2, 0) is 11.3 Å². The normalized spacial score (nSPS) is 11.2. The quantitative estimate of drug-likeness (QED) is 0.921. The number of nitrogens with one attached hydrogen (secondary N) is 1. The summed E-state index contributed by atoms with van der Waals surface area (Å²) in [6.07, 6.45) is 3.38. The van der Waals surface area contributed by atoms with Crippen molar-refractivity contribution in [3.63, 3.8) is 0 Å². The zero-order valence-electron chi connectivity index (χ0n) is 12.1. The highest BCUT2D eigenvalue weighted by molar-refractivity contribution is 5.84. The third-order valence-electron chi connectivity index (χ3n) is 2.60. The molecular formula is C16H20N2O2. The monoisotopic (exact) mass is 272 g/mol. The van der Waals surface area contributed by atoms with Crippen LogP contribution in [0.3, 0.4) is 0 Å². The Labute approximate surface area is 119 Å². The van der Waals surface area contributed by atoms with E-state index >= 15 is 0 Å². The van der Waals surface area contributed by atoms with Crippen molar-refractivity contribution in [2.75, 3.05) is 5.32 Å². The van der Waals surface area contributed by atoms with Crippen molar-refractivity contribution in [1.29, 1.82) is 0 Å². The van der Waals surface area contributed by atoms with Crippen LogP contribution < -0.4 is 5.32 Å². The maximum Gasteiger partial charge on any atom is 0.412 e. The molecule has 0 fully saturated rings. The Balaban J connectivity index is 1.94. The Hall–Kier alpha value is -2.23. The van der Waals surface area contributed by atoms with E-state index in [1.807, 2.05) is 62.0 Å². The first-order valence-corrected chi connectivity index (χ1v) is 6.62. The molecule has 1 N–H and O–H groups in total. The van der Waals surface area contributed by atoms with Crippen LogP contribution in [0.2, 0.25) is 0 Å². The molecule has 1 aromatic carbocycles. The smallest absolute Gasteiger partial charge is 0.412 e. The summed E-state index contributed by atoms with van der Waals surface area (Å²) < 4.78 is 7.23. The largest absolute Gasteiger partial charge is 0.444 e. The highest BCUT2D eigenvalue weighted by Gasteiger charge is 2.16. The lowest BCUT2D eigenvalue weighted by Gasteiger charge is -2.19. The molecule has 4 heteroatoms. The van der Waals surface area contributed by atoms with Crippen LogP contribution in [0.15, 0.2) is 48.8 Å².